The SMILES string of the molecule is CN(CCOc1ccc(C(C)(C)C)cc1)C1CCCNC1. The van der Waals surface area contributed by atoms with Crippen LogP contribution in [0.15, 0.2) is 24.3 Å². The zero-order chi connectivity index (χ0) is 15.3. The van der Waals surface area contributed by atoms with Gasteiger partial charge in [0.15, 0.2) is 0 Å². The van der Waals surface area contributed by atoms with Gasteiger partial charge in [0.1, 0.15) is 12.4 Å². The van der Waals surface area contributed by atoms with E-state index >= 15 is 0 Å². The molecule has 0 amide bonds. The summed E-state index contributed by atoms with van der Waals surface area (Å²) < 4.78 is 5.87. The van der Waals surface area contributed by atoms with E-state index in [0.717, 1.165) is 25.4 Å². The van der Waals surface area contributed by atoms with Crippen LogP contribution < -0.4 is 10.1 Å². The molecule has 0 spiro atoms. The second-order valence-corrected chi connectivity index (χ2v) is 7.10. The first-order valence-corrected chi connectivity index (χ1v) is 8.11. The van der Waals surface area contributed by atoms with Gasteiger partial charge in [-0.15, -0.1) is 0 Å². The quantitative estimate of drug-likeness (QED) is 0.902. The van der Waals surface area contributed by atoms with Crippen molar-refractivity contribution in [1.29, 1.82) is 0 Å². The van der Waals surface area contributed by atoms with Gasteiger partial charge in [-0.1, -0.05) is 32.9 Å². The number of likely N-dealkylation sites (N-methyl/N-ethyl adjacent to an activating group) is 1. The van der Waals surface area contributed by atoms with Gasteiger partial charge in [0.25, 0.3) is 0 Å². The first kappa shape index (κ1) is 16.3. The number of benzene rings is 1. The topological polar surface area (TPSA) is 24.5 Å². The number of nitrogens with one attached hydrogen (secondary N) is 1. The molecular weight excluding hydrogens is 260 g/mol. The number of rotatable bonds is 5. The molecule has 21 heavy (non-hydrogen) atoms. The van der Waals surface area contributed by atoms with E-state index in [4.69, 9.17) is 4.74 Å². The zero-order valence-corrected chi connectivity index (χ0v) is 14.0. The lowest BCUT2D eigenvalue weighted by Gasteiger charge is -2.31. The summed E-state index contributed by atoms with van der Waals surface area (Å²) >= 11 is 0. The normalized spacial score (nSPS) is 19.8. The third kappa shape index (κ3) is 5.01. The maximum absolute atomic E-state index is 5.87. The van der Waals surface area contributed by atoms with Gasteiger partial charge in [-0.3, -0.25) is 4.90 Å². The van der Waals surface area contributed by atoms with E-state index < -0.39 is 0 Å². The maximum atomic E-state index is 5.87. The van der Waals surface area contributed by atoms with Crippen LogP contribution >= 0.6 is 0 Å². The highest BCUT2D eigenvalue weighted by Crippen LogP contribution is 2.24. The van der Waals surface area contributed by atoms with Crippen molar-refractivity contribution in [3.8, 4) is 5.75 Å². The molecule has 0 bridgehead atoms. The lowest BCUT2D eigenvalue weighted by atomic mass is 9.87. The van der Waals surface area contributed by atoms with Crippen molar-refractivity contribution in [2.75, 3.05) is 33.3 Å². The number of nitrogens with zero attached hydrogens (tertiary/aromatic N) is 1. The summed E-state index contributed by atoms with van der Waals surface area (Å²) in [5.41, 5.74) is 1.55. The molecule has 1 atom stereocenters. The summed E-state index contributed by atoms with van der Waals surface area (Å²) in [6.07, 6.45) is 2.58. The molecule has 1 aromatic carbocycles. The van der Waals surface area contributed by atoms with Crippen molar-refractivity contribution in [3.63, 3.8) is 0 Å². The molecule has 0 aliphatic carbocycles. The van der Waals surface area contributed by atoms with Gasteiger partial charge < -0.3 is 10.1 Å². The molecule has 0 aromatic heterocycles. The second kappa shape index (κ2) is 7.28. The van der Waals surface area contributed by atoms with Crippen molar-refractivity contribution in [3.05, 3.63) is 29.8 Å². The highest BCUT2D eigenvalue weighted by Gasteiger charge is 2.17. The van der Waals surface area contributed by atoms with Crippen LogP contribution in [0.4, 0.5) is 0 Å². The largest absolute Gasteiger partial charge is 0.492 e. The van der Waals surface area contributed by atoms with Crippen LogP contribution in [0.1, 0.15) is 39.2 Å². The van der Waals surface area contributed by atoms with Gasteiger partial charge in [-0.25, -0.2) is 0 Å². The smallest absolute Gasteiger partial charge is 0.119 e. The molecule has 0 saturated carbocycles. The fourth-order valence-corrected chi connectivity index (χ4v) is 2.75. The minimum atomic E-state index is 0.201. The molecule has 1 heterocycles. The third-order valence-corrected chi connectivity index (χ3v) is 4.33. The Balaban J connectivity index is 1.75. The van der Waals surface area contributed by atoms with Crippen LogP contribution in [0.3, 0.4) is 0 Å². The minimum absolute atomic E-state index is 0.201. The van der Waals surface area contributed by atoms with Crippen LogP contribution in [0.2, 0.25) is 0 Å². The molecule has 1 fully saturated rings. The Labute approximate surface area is 129 Å². The number of piperidine rings is 1. The van der Waals surface area contributed by atoms with Crippen molar-refractivity contribution in [2.24, 2.45) is 0 Å². The predicted octanol–water partition coefficient (Wildman–Crippen LogP) is 3.05. The number of hydrogen-bond donors (Lipinski definition) is 1. The highest BCUT2D eigenvalue weighted by molar-refractivity contribution is 5.31. The van der Waals surface area contributed by atoms with E-state index in [1.54, 1.807) is 0 Å². The van der Waals surface area contributed by atoms with E-state index in [0.29, 0.717) is 6.04 Å². The van der Waals surface area contributed by atoms with Crippen LogP contribution in [0.25, 0.3) is 0 Å². The van der Waals surface area contributed by atoms with Gasteiger partial charge in [-0.05, 0) is 49.5 Å². The first-order chi connectivity index (χ1) is 9.97. The fourth-order valence-electron chi connectivity index (χ4n) is 2.75. The third-order valence-electron chi connectivity index (χ3n) is 4.33. The van der Waals surface area contributed by atoms with Crippen molar-refractivity contribution < 1.29 is 4.74 Å². The highest BCUT2D eigenvalue weighted by atomic mass is 16.5. The molecule has 3 heteroatoms. The van der Waals surface area contributed by atoms with Gasteiger partial charge >= 0.3 is 0 Å². The zero-order valence-electron chi connectivity index (χ0n) is 14.0. The molecule has 1 saturated heterocycles. The predicted molar refractivity (Wildman–Crippen MR) is 89.2 cm³/mol. The summed E-state index contributed by atoms with van der Waals surface area (Å²) in [4.78, 5) is 2.41. The monoisotopic (exact) mass is 290 g/mol. The summed E-state index contributed by atoms with van der Waals surface area (Å²) in [5.74, 6) is 0.971. The molecule has 1 aromatic rings. The lowest BCUT2D eigenvalue weighted by Crippen LogP contribution is -2.45. The molecule has 1 unspecified atom stereocenters. The van der Waals surface area contributed by atoms with Crippen LogP contribution in [-0.2, 0) is 5.41 Å². The minimum Gasteiger partial charge on any atom is -0.492 e. The molecule has 2 rings (SSSR count). The van der Waals surface area contributed by atoms with E-state index in [1.807, 2.05) is 0 Å². The van der Waals surface area contributed by atoms with Crippen molar-refractivity contribution in [1.82, 2.24) is 10.2 Å². The Morgan fingerprint density at radius 1 is 1.24 bits per heavy atom. The standard InChI is InChI=1S/C18H30N2O/c1-18(2,3)15-7-9-17(10-8-15)21-13-12-20(4)16-6-5-11-19-14-16/h7-10,16,19H,5-6,11-14H2,1-4H3. The first-order valence-electron chi connectivity index (χ1n) is 8.11. The molecule has 1 aliphatic heterocycles. The Bertz CT molecular complexity index is 416. The van der Waals surface area contributed by atoms with E-state index in [-0.39, 0.29) is 5.41 Å². The Morgan fingerprint density at radius 2 is 1.95 bits per heavy atom. The average molecular weight is 290 g/mol. The Hall–Kier alpha value is -1.06. The molecular formula is C18H30N2O. The summed E-state index contributed by atoms with van der Waals surface area (Å²) in [6, 6.07) is 9.17. The molecule has 0 radical (unpaired) electrons. The molecule has 1 N–H and O–H groups in total. The summed E-state index contributed by atoms with van der Waals surface area (Å²) in [7, 11) is 2.20. The fraction of sp³-hybridized carbons (Fsp3) is 0.667. The average Bonchev–Trinajstić information content (AvgIpc) is 2.47. The molecule has 1 aliphatic rings. The summed E-state index contributed by atoms with van der Waals surface area (Å²) in [5, 5.41) is 3.46. The molecule has 118 valence electrons. The van der Waals surface area contributed by atoms with Crippen molar-refractivity contribution >= 4 is 0 Å². The van der Waals surface area contributed by atoms with E-state index in [1.165, 1.54) is 24.9 Å². The van der Waals surface area contributed by atoms with Gasteiger partial charge in [0.05, 0.1) is 0 Å². The molecule has 3 nitrogen and oxygen atoms in total. The van der Waals surface area contributed by atoms with Crippen molar-refractivity contribution in [2.45, 2.75) is 45.1 Å². The van der Waals surface area contributed by atoms with Gasteiger partial charge in [0, 0.05) is 19.1 Å². The number of hydrogen-bond acceptors (Lipinski definition) is 3. The second-order valence-electron chi connectivity index (χ2n) is 7.10. The van der Waals surface area contributed by atoms with Crippen LogP contribution in [0.5, 0.6) is 5.75 Å². The maximum Gasteiger partial charge on any atom is 0.119 e. The summed E-state index contributed by atoms with van der Waals surface area (Å²) in [6.45, 7) is 10.7. The van der Waals surface area contributed by atoms with E-state index in [2.05, 4.69) is 62.3 Å². The Morgan fingerprint density at radius 3 is 2.52 bits per heavy atom. The van der Waals surface area contributed by atoms with Gasteiger partial charge in [-0.2, -0.15) is 0 Å². The van der Waals surface area contributed by atoms with E-state index in [9.17, 15) is 0 Å². The van der Waals surface area contributed by atoms with Crippen LogP contribution in [0, 0.1) is 0 Å². The lowest BCUT2D eigenvalue weighted by molar-refractivity contribution is 0.168. The number of ether oxygens (including phenoxy) is 1. The van der Waals surface area contributed by atoms with Gasteiger partial charge in [0.2, 0.25) is 0 Å². The Kier molecular flexibility index (Phi) is 5.65. The van der Waals surface area contributed by atoms with Crippen LogP contribution in [-0.4, -0.2) is 44.2 Å².